The third kappa shape index (κ3) is 3.24. The summed E-state index contributed by atoms with van der Waals surface area (Å²) in [6.07, 6.45) is 0. The Balaban J connectivity index is 1.64. The van der Waals surface area contributed by atoms with Gasteiger partial charge in [-0.2, -0.15) is 0 Å². The van der Waals surface area contributed by atoms with Crippen LogP contribution in [0.4, 0.5) is 0 Å². The fourth-order valence-electron chi connectivity index (χ4n) is 3.80. The third-order valence-corrected chi connectivity index (χ3v) is 6.81. The summed E-state index contributed by atoms with van der Waals surface area (Å²) in [5, 5.41) is 1.03. The van der Waals surface area contributed by atoms with Gasteiger partial charge in [-0.15, -0.1) is 11.3 Å². The molecule has 0 N–H and O–H groups in total. The fourth-order valence-corrected chi connectivity index (χ4v) is 5.24. The van der Waals surface area contributed by atoms with Gasteiger partial charge in [-0.1, -0.05) is 48.5 Å². The van der Waals surface area contributed by atoms with E-state index in [1.807, 2.05) is 6.07 Å². The highest BCUT2D eigenvalue weighted by atomic mass is 35.5. The second-order valence-electron chi connectivity index (χ2n) is 6.74. The summed E-state index contributed by atoms with van der Waals surface area (Å²) in [6, 6.07) is 21.4. The molecule has 1 saturated heterocycles. The summed E-state index contributed by atoms with van der Waals surface area (Å²) >= 11 is 7.77. The molecule has 2 aromatic carbocycles. The molecular weight excluding hydrogens is 350 g/mol. The van der Waals surface area contributed by atoms with Gasteiger partial charge in [0, 0.05) is 34.6 Å². The number of thiophene rings is 1. The predicted octanol–water partition coefficient (Wildman–Crippen LogP) is 5.44. The number of rotatable bonds is 4. The molecule has 0 saturated carbocycles. The molecular formula is C21H20ClNOS. The van der Waals surface area contributed by atoms with Crippen molar-refractivity contribution in [3.05, 3.63) is 71.1 Å². The number of nitrogens with zero attached hydrogens (tertiary/aromatic N) is 1. The minimum Gasteiger partial charge on any atom is -0.295 e. The van der Waals surface area contributed by atoms with Gasteiger partial charge in [-0.3, -0.25) is 9.69 Å². The van der Waals surface area contributed by atoms with E-state index in [0.717, 1.165) is 13.1 Å². The molecule has 0 bridgehead atoms. The SMILES string of the molecule is CC(c1ccccc1)N1CC(C(=O)Cl)C(c2cc3ccccc3s2)C1. The molecule has 3 aromatic rings. The number of likely N-dealkylation sites (tertiary alicyclic amines) is 1. The molecule has 1 aliphatic rings. The van der Waals surface area contributed by atoms with E-state index >= 15 is 0 Å². The van der Waals surface area contributed by atoms with Crippen LogP contribution in [0.15, 0.2) is 60.7 Å². The maximum absolute atomic E-state index is 12.1. The Bertz CT molecular complexity index is 858. The Hall–Kier alpha value is -1.68. The van der Waals surface area contributed by atoms with Crippen LogP contribution < -0.4 is 0 Å². The van der Waals surface area contributed by atoms with Crippen molar-refractivity contribution in [3.8, 4) is 0 Å². The Morgan fingerprint density at radius 1 is 1.12 bits per heavy atom. The average molecular weight is 370 g/mol. The molecule has 2 heterocycles. The average Bonchev–Trinajstić information content (AvgIpc) is 3.26. The predicted molar refractivity (Wildman–Crippen MR) is 105 cm³/mol. The van der Waals surface area contributed by atoms with Crippen LogP contribution in [-0.4, -0.2) is 23.2 Å². The molecule has 0 radical (unpaired) electrons. The molecule has 0 amide bonds. The lowest BCUT2D eigenvalue weighted by atomic mass is 9.95. The van der Waals surface area contributed by atoms with Crippen molar-refractivity contribution in [2.45, 2.75) is 18.9 Å². The van der Waals surface area contributed by atoms with Crippen LogP contribution in [0.25, 0.3) is 10.1 Å². The summed E-state index contributed by atoms with van der Waals surface area (Å²) < 4.78 is 1.27. The van der Waals surface area contributed by atoms with Crippen LogP contribution in [-0.2, 0) is 4.79 Å². The third-order valence-electron chi connectivity index (χ3n) is 5.28. The molecule has 25 heavy (non-hydrogen) atoms. The minimum absolute atomic E-state index is 0.138. The van der Waals surface area contributed by atoms with Gasteiger partial charge >= 0.3 is 0 Å². The van der Waals surface area contributed by atoms with Gasteiger partial charge in [0.1, 0.15) is 0 Å². The molecule has 128 valence electrons. The van der Waals surface area contributed by atoms with Gasteiger partial charge in [-0.05, 0) is 41.6 Å². The summed E-state index contributed by atoms with van der Waals surface area (Å²) in [5.41, 5.74) is 1.28. The summed E-state index contributed by atoms with van der Waals surface area (Å²) in [7, 11) is 0. The molecule has 4 heteroatoms. The number of benzene rings is 2. The maximum Gasteiger partial charge on any atom is 0.226 e. The first-order valence-corrected chi connectivity index (χ1v) is 9.80. The zero-order valence-corrected chi connectivity index (χ0v) is 15.6. The molecule has 0 aliphatic carbocycles. The largest absolute Gasteiger partial charge is 0.295 e. The highest BCUT2D eigenvalue weighted by Crippen LogP contribution is 2.42. The van der Waals surface area contributed by atoms with Gasteiger partial charge in [0.05, 0.1) is 5.92 Å². The monoisotopic (exact) mass is 369 g/mol. The zero-order valence-electron chi connectivity index (χ0n) is 14.1. The quantitative estimate of drug-likeness (QED) is 0.570. The van der Waals surface area contributed by atoms with Crippen LogP contribution in [0.3, 0.4) is 0 Å². The number of fused-ring (bicyclic) bond motifs is 1. The molecule has 3 atom stereocenters. The molecule has 4 rings (SSSR count). The number of hydrogen-bond acceptors (Lipinski definition) is 3. The van der Waals surface area contributed by atoms with Crippen LogP contribution in [0.1, 0.15) is 29.3 Å². The molecule has 1 aliphatic heterocycles. The first-order chi connectivity index (χ1) is 12.1. The maximum atomic E-state index is 12.1. The summed E-state index contributed by atoms with van der Waals surface area (Å²) in [6.45, 7) is 3.79. The van der Waals surface area contributed by atoms with E-state index in [1.165, 1.54) is 20.5 Å². The van der Waals surface area contributed by atoms with Gasteiger partial charge in [0.2, 0.25) is 5.24 Å². The van der Waals surface area contributed by atoms with Crippen LogP contribution >= 0.6 is 22.9 Å². The second kappa shape index (κ2) is 6.91. The summed E-state index contributed by atoms with van der Waals surface area (Å²) in [5.74, 6) is 0.0365. The smallest absolute Gasteiger partial charge is 0.226 e. The van der Waals surface area contributed by atoms with Crippen molar-refractivity contribution in [2.75, 3.05) is 13.1 Å². The first kappa shape index (κ1) is 16.8. The molecule has 3 unspecified atom stereocenters. The fraction of sp³-hybridized carbons (Fsp3) is 0.286. The topological polar surface area (TPSA) is 20.3 Å². The lowest BCUT2D eigenvalue weighted by molar-refractivity contribution is -0.115. The number of carbonyl (C=O) groups excluding carboxylic acids is 1. The molecule has 1 fully saturated rings. The van der Waals surface area contributed by atoms with E-state index < -0.39 is 0 Å². The Labute approximate surface area is 157 Å². The van der Waals surface area contributed by atoms with Crippen molar-refractivity contribution in [3.63, 3.8) is 0 Å². The van der Waals surface area contributed by atoms with E-state index in [9.17, 15) is 4.79 Å². The minimum atomic E-state index is -0.217. The first-order valence-electron chi connectivity index (χ1n) is 8.60. The highest BCUT2D eigenvalue weighted by molar-refractivity contribution is 7.19. The number of halogens is 1. The van der Waals surface area contributed by atoms with Crippen LogP contribution in [0, 0.1) is 5.92 Å². The van der Waals surface area contributed by atoms with Crippen LogP contribution in [0.5, 0.6) is 0 Å². The number of hydrogen-bond donors (Lipinski definition) is 0. The van der Waals surface area contributed by atoms with Gasteiger partial charge < -0.3 is 0 Å². The highest BCUT2D eigenvalue weighted by Gasteiger charge is 2.40. The van der Waals surface area contributed by atoms with E-state index in [0.29, 0.717) is 0 Å². The van der Waals surface area contributed by atoms with Gasteiger partial charge in [0.25, 0.3) is 0 Å². The van der Waals surface area contributed by atoms with E-state index in [4.69, 9.17) is 11.6 Å². The normalized spacial score (nSPS) is 22.3. The van der Waals surface area contributed by atoms with Crippen molar-refractivity contribution in [1.29, 1.82) is 0 Å². The van der Waals surface area contributed by atoms with Crippen molar-refractivity contribution < 1.29 is 4.79 Å². The van der Waals surface area contributed by atoms with E-state index in [2.05, 4.69) is 66.4 Å². The van der Waals surface area contributed by atoms with Gasteiger partial charge in [0.15, 0.2) is 0 Å². The standard InChI is InChI=1S/C21H20ClNOS/c1-14(15-7-3-2-4-8-15)23-12-17(18(13-23)21(22)24)20-11-16-9-5-6-10-19(16)25-20/h2-11,14,17-18H,12-13H2,1H3. The molecule has 2 nitrogen and oxygen atoms in total. The van der Waals surface area contributed by atoms with Crippen molar-refractivity contribution in [1.82, 2.24) is 4.90 Å². The van der Waals surface area contributed by atoms with Gasteiger partial charge in [-0.25, -0.2) is 0 Å². The van der Waals surface area contributed by atoms with E-state index in [-0.39, 0.29) is 23.1 Å². The van der Waals surface area contributed by atoms with Crippen LogP contribution in [0.2, 0.25) is 0 Å². The van der Waals surface area contributed by atoms with Crippen molar-refractivity contribution >= 4 is 38.3 Å². The molecule has 0 spiro atoms. The van der Waals surface area contributed by atoms with Crippen molar-refractivity contribution in [2.24, 2.45) is 5.92 Å². The lowest BCUT2D eigenvalue weighted by Gasteiger charge is -2.24. The Kier molecular flexibility index (Phi) is 4.63. The molecule has 1 aromatic heterocycles. The Morgan fingerprint density at radius 2 is 1.84 bits per heavy atom. The Morgan fingerprint density at radius 3 is 2.56 bits per heavy atom. The lowest BCUT2D eigenvalue weighted by Crippen LogP contribution is -2.25. The second-order valence-corrected chi connectivity index (χ2v) is 8.23. The summed E-state index contributed by atoms with van der Waals surface area (Å²) in [4.78, 5) is 15.7. The number of carbonyl (C=O) groups is 1. The van der Waals surface area contributed by atoms with E-state index in [1.54, 1.807) is 11.3 Å². The zero-order chi connectivity index (χ0) is 17.4.